The summed E-state index contributed by atoms with van der Waals surface area (Å²) >= 11 is 2.98. The van der Waals surface area contributed by atoms with Crippen molar-refractivity contribution in [1.82, 2.24) is 14.7 Å². The summed E-state index contributed by atoms with van der Waals surface area (Å²) in [5, 5.41) is 3.36. The van der Waals surface area contributed by atoms with Gasteiger partial charge in [0.25, 0.3) is 5.91 Å². The molecule has 0 radical (unpaired) electrons. The maximum atomic E-state index is 11.9. The van der Waals surface area contributed by atoms with Gasteiger partial charge in [0.1, 0.15) is 5.82 Å². The van der Waals surface area contributed by atoms with Crippen molar-refractivity contribution in [2.45, 2.75) is 39.2 Å². The van der Waals surface area contributed by atoms with E-state index in [0.29, 0.717) is 17.4 Å². The maximum Gasteiger partial charge on any atom is 0.282 e. The number of carbonyl (C=O) groups is 1. The average molecular weight is 293 g/mol. The van der Waals surface area contributed by atoms with Crippen LogP contribution in [0.15, 0.2) is 6.07 Å². The predicted molar refractivity (Wildman–Crippen MR) is 76.8 cm³/mol. The van der Waals surface area contributed by atoms with Gasteiger partial charge in [-0.1, -0.05) is 0 Å². The monoisotopic (exact) mass is 293 g/mol. The van der Waals surface area contributed by atoms with Gasteiger partial charge in [-0.25, -0.2) is 4.98 Å². The molecule has 2 aromatic rings. The molecular formula is C13H15N3OS2. The first kappa shape index (κ1) is 12.7. The highest BCUT2D eigenvalue weighted by atomic mass is 32.1. The highest BCUT2D eigenvalue weighted by molar-refractivity contribution is 7.12. The van der Waals surface area contributed by atoms with E-state index >= 15 is 0 Å². The van der Waals surface area contributed by atoms with Crippen LogP contribution in [0.3, 0.4) is 0 Å². The molecule has 1 aliphatic rings. The fourth-order valence-electron chi connectivity index (χ4n) is 2.27. The molecule has 0 unspecified atom stereocenters. The largest absolute Gasteiger partial charge is 0.345 e. The zero-order chi connectivity index (χ0) is 13.2. The van der Waals surface area contributed by atoms with Crippen LogP contribution in [0.1, 0.15) is 43.8 Å². The van der Waals surface area contributed by atoms with Crippen molar-refractivity contribution in [3.63, 3.8) is 0 Å². The number of aromatic nitrogens is 2. The number of hydrogen-bond donors (Lipinski definition) is 1. The first-order valence-electron chi connectivity index (χ1n) is 6.41. The van der Waals surface area contributed by atoms with E-state index in [1.54, 1.807) is 6.92 Å². The Kier molecular flexibility index (Phi) is 3.61. The molecule has 2 heterocycles. The first-order valence-corrected chi connectivity index (χ1v) is 8.00. The van der Waals surface area contributed by atoms with Gasteiger partial charge in [-0.2, -0.15) is 4.37 Å². The zero-order valence-electron chi connectivity index (χ0n) is 10.7. The molecule has 19 heavy (non-hydrogen) atoms. The highest BCUT2D eigenvalue weighted by Gasteiger charge is 2.15. The Morgan fingerprint density at radius 1 is 1.42 bits per heavy atom. The molecule has 0 atom stereocenters. The molecule has 0 saturated heterocycles. The molecule has 6 heteroatoms. The minimum absolute atomic E-state index is 0.128. The number of aryl methyl sites for hydroxylation is 3. The van der Waals surface area contributed by atoms with Crippen LogP contribution in [0.4, 0.5) is 0 Å². The van der Waals surface area contributed by atoms with Crippen LogP contribution >= 0.6 is 22.9 Å². The van der Waals surface area contributed by atoms with Crippen molar-refractivity contribution < 1.29 is 4.79 Å². The molecule has 100 valence electrons. The van der Waals surface area contributed by atoms with E-state index < -0.39 is 0 Å². The molecule has 1 amide bonds. The SMILES string of the molecule is Cc1nsc(C(=O)NCc2cc3c(s2)CCCC3)n1. The molecular weight excluding hydrogens is 278 g/mol. The molecule has 2 aromatic heterocycles. The molecule has 1 N–H and O–H groups in total. The van der Waals surface area contributed by atoms with Gasteiger partial charge in [0.2, 0.25) is 5.01 Å². The maximum absolute atomic E-state index is 11.9. The fourth-order valence-corrected chi connectivity index (χ4v) is 4.06. The lowest BCUT2D eigenvalue weighted by molar-refractivity contribution is 0.0951. The van der Waals surface area contributed by atoms with E-state index in [1.165, 1.54) is 41.0 Å². The summed E-state index contributed by atoms with van der Waals surface area (Å²) in [6.45, 7) is 2.38. The zero-order valence-corrected chi connectivity index (χ0v) is 12.4. The second-order valence-corrected chi connectivity index (χ2v) is 6.67. The van der Waals surface area contributed by atoms with E-state index in [-0.39, 0.29) is 5.91 Å². The quantitative estimate of drug-likeness (QED) is 0.946. The van der Waals surface area contributed by atoms with E-state index in [2.05, 4.69) is 20.7 Å². The lowest BCUT2D eigenvalue weighted by Crippen LogP contribution is -2.22. The minimum Gasteiger partial charge on any atom is -0.345 e. The minimum atomic E-state index is -0.128. The first-order chi connectivity index (χ1) is 9.22. The van der Waals surface area contributed by atoms with Crippen molar-refractivity contribution in [2.24, 2.45) is 0 Å². The summed E-state index contributed by atoms with van der Waals surface area (Å²) in [6.07, 6.45) is 4.97. The number of nitrogens with zero attached hydrogens (tertiary/aromatic N) is 2. The normalized spacial score (nSPS) is 14.2. The molecule has 0 aliphatic heterocycles. The van der Waals surface area contributed by atoms with Gasteiger partial charge in [-0.3, -0.25) is 4.79 Å². The van der Waals surface area contributed by atoms with Crippen LogP contribution in [0.5, 0.6) is 0 Å². The van der Waals surface area contributed by atoms with E-state index in [0.717, 1.165) is 11.5 Å². The summed E-state index contributed by atoms with van der Waals surface area (Å²) in [5.41, 5.74) is 1.48. The van der Waals surface area contributed by atoms with Crippen molar-refractivity contribution in [3.8, 4) is 0 Å². The Labute approximate surface area is 120 Å². The lowest BCUT2D eigenvalue weighted by atomic mass is 9.99. The molecule has 0 aromatic carbocycles. The lowest BCUT2D eigenvalue weighted by Gasteiger charge is -2.08. The Hall–Kier alpha value is -1.27. The van der Waals surface area contributed by atoms with Gasteiger partial charge >= 0.3 is 0 Å². The van der Waals surface area contributed by atoms with Gasteiger partial charge in [-0.15, -0.1) is 11.3 Å². The van der Waals surface area contributed by atoms with Crippen molar-refractivity contribution in [1.29, 1.82) is 0 Å². The van der Waals surface area contributed by atoms with E-state index in [9.17, 15) is 4.79 Å². The van der Waals surface area contributed by atoms with Gasteiger partial charge in [0.15, 0.2) is 0 Å². The number of carbonyl (C=O) groups excluding carboxylic acids is 1. The summed E-state index contributed by atoms with van der Waals surface area (Å²) in [4.78, 5) is 18.7. The summed E-state index contributed by atoms with van der Waals surface area (Å²) in [6, 6.07) is 2.24. The van der Waals surface area contributed by atoms with Crippen LogP contribution in [-0.2, 0) is 19.4 Å². The number of amides is 1. The molecule has 0 bridgehead atoms. The van der Waals surface area contributed by atoms with Gasteiger partial charge < -0.3 is 5.32 Å². The molecule has 3 rings (SSSR count). The number of rotatable bonds is 3. The number of fused-ring (bicyclic) bond motifs is 1. The Bertz CT molecular complexity index is 579. The fraction of sp³-hybridized carbons (Fsp3) is 0.462. The molecule has 0 fully saturated rings. The third-order valence-electron chi connectivity index (χ3n) is 3.19. The third-order valence-corrected chi connectivity index (χ3v) is 5.23. The van der Waals surface area contributed by atoms with Gasteiger partial charge in [-0.05, 0) is 55.8 Å². The van der Waals surface area contributed by atoms with Crippen LogP contribution < -0.4 is 5.32 Å². The van der Waals surface area contributed by atoms with Gasteiger partial charge in [0, 0.05) is 9.75 Å². The summed E-state index contributed by atoms with van der Waals surface area (Å²) < 4.78 is 4.02. The molecule has 1 aliphatic carbocycles. The van der Waals surface area contributed by atoms with Crippen LogP contribution in [-0.4, -0.2) is 15.3 Å². The predicted octanol–water partition coefficient (Wildman–Crippen LogP) is 2.72. The molecule has 0 saturated carbocycles. The van der Waals surface area contributed by atoms with Crippen LogP contribution in [0.25, 0.3) is 0 Å². The average Bonchev–Trinajstić information content (AvgIpc) is 3.01. The van der Waals surface area contributed by atoms with Crippen LogP contribution in [0, 0.1) is 6.92 Å². The summed E-state index contributed by atoms with van der Waals surface area (Å²) in [5.74, 6) is 0.527. The standard InChI is InChI=1S/C13H15N3OS2/c1-8-15-13(19-16-8)12(17)14-7-10-6-9-4-2-3-5-11(9)18-10/h6H,2-5,7H2,1H3,(H,14,17). The number of hydrogen-bond acceptors (Lipinski definition) is 5. The third kappa shape index (κ3) is 2.84. The van der Waals surface area contributed by atoms with Crippen LogP contribution in [0.2, 0.25) is 0 Å². The van der Waals surface area contributed by atoms with E-state index in [1.807, 2.05) is 11.3 Å². The Morgan fingerprint density at radius 2 is 2.26 bits per heavy atom. The Morgan fingerprint density at radius 3 is 3.00 bits per heavy atom. The number of thiophene rings is 1. The molecule has 4 nitrogen and oxygen atoms in total. The highest BCUT2D eigenvalue weighted by Crippen LogP contribution is 2.29. The summed E-state index contributed by atoms with van der Waals surface area (Å²) in [7, 11) is 0. The van der Waals surface area contributed by atoms with Crippen molar-refractivity contribution in [2.75, 3.05) is 0 Å². The Balaban J connectivity index is 1.63. The van der Waals surface area contributed by atoms with Gasteiger partial charge in [0.05, 0.1) is 6.54 Å². The number of nitrogens with one attached hydrogen (secondary N) is 1. The second-order valence-electron chi connectivity index (χ2n) is 4.70. The van der Waals surface area contributed by atoms with E-state index in [4.69, 9.17) is 0 Å². The van der Waals surface area contributed by atoms with Crippen molar-refractivity contribution in [3.05, 3.63) is 32.2 Å². The smallest absolute Gasteiger partial charge is 0.282 e. The van der Waals surface area contributed by atoms with Crippen molar-refractivity contribution >= 4 is 28.8 Å². The second kappa shape index (κ2) is 5.38. The molecule has 0 spiro atoms. The topological polar surface area (TPSA) is 54.9 Å².